The van der Waals surface area contributed by atoms with Crippen molar-refractivity contribution in [3.8, 4) is 0 Å². The molecule has 0 bridgehead atoms. The maximum absolute atomic E-state index is 10.7. The van der Waals surface area contributed by atoms with E-state index in [4.69, 9.17) is 23.2 Å². The van der Waals surface area contributed by atoms with Crippen molar-refractivity contribution in [3.63, 3.8) is 0 Å². The van der Waals surface area contributed by atoms with E-state index < -0.39 is 15.6 Å². The van der Waals surface area contributed by atoms with E-state index >= 15 is 0 Å². The number of hydrogen-bond donors (Lipinski definition) is 2. The summed E-state index contributed by atoms with van der Waals surface area (Å²) in [6.45, 7) is 26.1. The maximum atomic E-state index is 10.7. The molecule has 4 aliphatic rings. The molecule has 4 aromatic rings. The van der Waals surface area contributed by atoms with Gasteiger partial charge in [-0.05, 0) is 136 Å². The van der Waals surface area contributed by atoms with Crippen LogP contribution in [0.25, 0.3) is 0 Å². The summed E-state index contributed by atoms with van der Waals surface area (Å²) in [5, 5.41) is 21.4. The van der Waals surface area contributed by atoms with Crippen molar-refractivity contribution in [1.82, 2.24) is 0 Å². The molecule has 394 valence electrons. The van der Waals surface area contributed by atoms with E-state index in [1.165, 1.54) is 89.3 Å². The third-order valence-electron chi connectivity index (χ3n) is 13.4. The Kier molecular flexibility index (Phi) is 16.8. The van der Waals surface area contributed by atoms with Crippen LogP contribution in [-0.4, -0.2) is 82.2 Å². The van der Waals surface area contributed by atoms with Gasteiger partial charge in [0, 0.05) is 35.7 Å². The molecule has 0 saturated carbocycles. The average molecular weight is 1090 g/mol. The Labute approximate surface area is 411 Å². The van der Waals surface area contributed by atoms with E-state index in [0.717, 1.165) is 39.0 Å². The first kappa shape index (κ1) is 58.9. The predicted octanol–water partition coefficient (Wildman–Crippen LogP) is 15.7. The van der Waals surface area contributed by atoms with Gasteiger partial charge in [0.15, 0.2) is 0 Å². The summed E-state index contributed by atoms with van der Waals surface area (Å²) in [5.41, 5.74) is 21.7. The Morgan fingerprint density at radius 3 is 0.957 bits per heavy atom. The summed E-state index contributed by atoms with van der Waals surface area (Å²) in [6.07, 6.45) is 5.33. The molecule has 22 heteroatoms. The quantitative estimate of drug-likeness (QED) is 0.0905. The molecule has 8 rings (SSSR count). The average Bonchev–Trinajstić information content (AvgIpc) is 4.04. The van der Waals surface area contributed by atoms with Gasteiger partial charge >= 0.3 is 66.0 Å². The number of nitrogens with zero attached hydrogens (tertiary/aromatic N) is 4. The van der Waals surface area contributed by atoms with Gasteiger partial charge in [0.25, 0.3) is 0 Å². The summed E-state index contributed by atoms with van der Waals surface area (Å²) >= 11 is 10.1. The molecule has 6 nitrogen and oxygen atoms in total. The van der Waals surface area contributed by atoms with Crippen LogP contribution in [0.1, 0.15) is 90.0 Å². The van der Waals surface area contributed by atoms with E-state index in [2.05, 4.69) is 149 Å². The Balaban J connectivity index is 0.000000227. The van der Waals surface area contributed by atoms with Crippen LogP contribution in [-0.2, 0) is 12.8 Å². The van der Waals surface area contributed by atoms with Crippen molar-refractivity contribution in [2.24, 2.45) is 0 Å². The SMILES string of the molecule is Cc1c(C)c(C)c(N2C=[N+]([C@H]3c4ccccc4C[C@@H]3O)CC2)c(C)c1C.Cc1c(C)c(C)c(N2C=[N+]([C@H]3c4ccccc4C[C@@H]3O)CC2)c(C)c1C.ClCCCl.F[P-](F)(F)(F)(F)F.F[P-](F)(F)(F)(F)F. The molecule has 0 radical (unpaired) electrons. The molecule has 2 aliphatic heterocycles. The van der Waals surface area contributed by atoms with Crippen LogP contribution in [0.3, 0.4) is 0 Å². The van der Waals surface area contributed by atoms with Gasteiger partial charge in [-0.15, -0.1) is 23.2 Å². The zero-order chi connectivity index (χ0) is 53.4. The zero-order valence-electron chi connectivity index (χ0n) is 40.6. The molecule has 4 atom stereocenters. The normalized spacial score (nSPS) is 21.3. The second kappa shape index (κ2) is 20.0. The number of halogens is 14. The van der Waals surface area contributed by atoms with Gasteiger partial charge in [-0.1, -0.05) is 48.5 Å². The number of rotatable bonds is 5. The number of aliphatic hydroxyl groups is 2. The molecule has 70 heavy (non-hydrogen) atoms. The van der Waals surface area contributed by atoms with Gasteiger partial charge in [0.2, 0.25) is 12.7 Å². The van der Waals surface area contributed by atoms with Crippen LogP contribution in [0.15, 0.2) is 48.5 Å². The monoisotopic (exact) mass is 1090 g/mol. The van der Waals surface area contributed by atoms with Crippen LogP contribution < -0.4 is 9.80 Å². The second-order valence-electron chi connectivity index (χ2n) is 18.2. The van der Waals surface area contributed by atoms with Crippen LogP contribution >= 0.6 is 38.8 Å². The van der Waals surface area contributed by atoms with E-state index in [1.807, 2.05) is 0 Å². The van der Waals surface area contributed by atoms with Crippen LogP contribution in [0.2, 0.25) is 0 Å². The Bertz CT molecular complexity index is 2410. The summed E-state index contributed by atoms with van der Waals surface area (Å²) in [4.78, 5) is 4.77. The van der Waals surface area contributed by atoms with Crippen molar-refractivity contribution in [1.29, 1.82) is 0 Å². The first-order chi connectivity index (χ1) is 31.6. The van der Waals surface area contributed by atoms with Gasteiger partial charge in [0.05, 0.1) is 0 Å². The van der Waals surface area contributed by atoms with Gasteiger partial charge < -0.3 is 10.2 Å². The number of anilines is 2. The number of hydrogen-bond acceptors (Lipinski definition) is 4. The molecule has 2 heterocycles. The number of alkyl halides is 2. The van der Waals surface area contributed by atoms with Crippen LogP contribution in [0.4, 0.5) is 61.7 Å². The molecule has 0 aromatic heterocycles. The topological polar surface area (TPSA) is 53.0 Å². The molecule has 2 aliphatic carbocycles. The summed E-state index contributed by atoms with van der Waals surface area (Å²) < 4.78 is 123. The molecule has 0 amide bonds. The number of fused-ring (bicyclic) bond motifs is 2. The Hall–Kier alpha value is -3.66. The third-order valence-corrected chi connectivity index (χ3v) is 14.0. The van der Waals surface area contributed by atoms with Crippen molar-refractivity contribution < 1.29 is 69.7 Å². The summed E-state index contributed by atoms with van der Waals surface area (Å²) in [7, 11) is -21.3. The van der Waals surface area contributed by atoms with E-state index in [0.29, 0.717) is 11.8 Å². The van der Waals surface area contributed by atoms with E-state index in [9.17, 15) is 60.6 Å². The predicted molar refractivity (Wildman–Crippen MR) is 264 cm³/mol. The van der Waals surface area contributed by atoms with Crippen molar-refractivity contribution in [3.05, 3.63) is 126 Å². The van der Waals surface area contributed by atoms with E-state index in [1.54, 1.807) is 0 Å². The number of benzene rings is 4. The van der Waals surface area contributed by atoms with E-state index in [-0.39, 0.29) is 24.3 Å². The fraction of sp³-hybridized carbons (Fsp3) is 0.458. The fourth-order valence-electron chi connectivity index (χ4n) is 9.52. The fourth-order valence-corrected chi connectivity index (χ4v) is 9.52. The van der Waals surface area contributed by atoms with Crippen LogP contribution in [0, 0.1) is 69.2 Å². The first-order valence-corrected chi connectivity index (χ1v) is 27.4. The van der Waals surface area contributed by atoms with Crippen molar-refractivity contribution in [2.75, 3.05) is 47.7 Å². The van der Waals surface area contributed by atoms with Gasteiger partial charge in [-0.25, -0.2) is 9.80 Å². The number of aliphatic hydroxyl groups excluding tert-OH is 2. The third kappa shape index (κ3) is 16.4. The summed E-state index contributed by atoms with van der Waals surface area (Å²) in [5.74, 6) is 1.11. The molecular weight excluding hydrogens is 1030 g/mol. The van der Waals surface area contributed by atoms with Crippen LogP contribution in [0.5, 0.6) is 0 Å². The van der Waals surface area contributed by atoms with Crippen molar-refractivity contribution in [2.45, 2.75) is 106 Å². The van der Waals surface area contributed by atoms with Gasteiger partial charge in [0.1, 0.15) is 61.8 Å². The summed E-state index contributed by atoms with van der Waals surface area (Å²) in [6, 6.07) is 17.1. The molecule has 4 aromatic carbocycles. The first-order valence-electron chi connectivity index (χ1n) is 22.3. The Morgan fingerprint density at radius 2 is 0.700 bits per heavy atom. The minimum atomic E-state index is -10.7. The Morgan fingerprint density at radius 1 is 0.457 bits per heavy atom. The molecule has 2 N–H and O–H groups in total. The zero-order valence-corrected chi connectivity index (χ0v) is 43.9. The standard InChI is InChI=1S/2C23H29N2O.C2H4Cl2.2F6P/c2*1-14-15(2)17(4)22(18(5)16(14)3)24-10-11-25(13-24)23-20-9-7-6-8-19(20)12-21(23)26;3-1-2-4;2*1-7(2,3,4,5)6/h2*6-9,13,21,23,26H,10-12H2,1-5H3;1-2H2;;/q2*+1;;2*-1/t2*21-,23-;;;/m00.../s1. The van der Waals surface area contributed by atoms with Gasteiger partial charge in [-0.2, -0.15) is 0 Å². The van der Waals surface area contributed by atoms with Gasteiger partial charge in [-0.3, -0.25) is 9.15 Å². The molecule has 0 spiro atoms. The second-order valence-corrected chi connectivity index (χ2v) is 22.8. The molecule has 0 unspecified atom stereocenters. The molecule has 0 fully saturated rings. The minimum absolute atomic E-state index is 0.0736. The van der Waals surface area contributed by atoms with Crippen molar-refractivity contribution >= 4 is 62.9 Å². The molecular formula is C48H62Cl2F12N4O2P2. The molecule has 0 saturated heterocycles.